The summed E-state index contributed by atoms with van der Waals surface area (Å²) in [4.78, 5) is 16.5. The standard InChI is InChI=1S/C13H24N2O/c16-13(7-12-14-8-5-6-9-14)15-10-3-1-2-4-11-15/h1-12H2. The molecule has 2 aliphatic heterocycles. The lowest BCUT2D eigenvalue weighted by atomic mass is 10.2. The number of amides is 1. The highest BCUT2D eigenvalue weighted by molar-refractivity contribution is 5.76. The van der Waals surface area contributed by atoms with Crippen LogP contribution in [0.3, 0.4) is 0 Å². The summed E-state index contributed by atoms with van der Waals surface area (Å²) in [5.41, 5.74) is 0. The Morgan fingerprint density at radius 1 is 0.812 bits per heavy atom. The van der Waals surface area contributed by atoms with E-state index in [0.717, 1.165) is 26.1 Å². The summed E-state index contributed by atoms with van der Waals surface area (Å²) < 4.78 is 0. The average Bonchev–Trinajstić information content (AvgIpc) is 2.66. The van der Waals surface area contributed by atoms with E-state index < -0.39 is 0 Å². The van der Waals surface area contributed by atoms with Crippen LogP contribution in [-0.2, 0) is 4.79 Å². The summed E-state index contributed by atoms with van der Waals surface area (Å²) in [5, 5.41) is 0. The van der Waals surface area contributed by atoms with Crippen LogP contribution in [-0.4, -0.2) is 48.4 Å². The third kappa shape index (κ3) is 3.48. The molecule has 16 heavy (non-hydrogen) atoms. The van der Waals surface area contributed by atoms with E-state index in [4.69, 9.17) is 0 Å². The van der Waals surface area contributed by atoms with Crippen molar-refractivity contribution < 1.29 is 4.79 Å². The van der Waals surface area contributed by atoms with Gasteiger partial charge in [0.25, 0.3) is 0 Å². The first kappa shape index (κ1) is 11.9. The van der Waals surface area contributed by atoms with Gasteiger partial charge in [0.15, 0.2) is 0 Å². The van der Waals surface area contributed by atoms with E-state index in [0.29, 0.717) is 5.91 Å². The van der Waals surface area contributed by atoms with Crippen molar-refractivity contribution in [3.05, 3.63) is 0 Å². The number of hydrogen-bond acceptors (Lipinski definition) is 2. The molecule has 2 aliphatic rings. The summed E-state index contributed by atoms with van der Waals surface area (Å²) in [7, 11) is 0. The molecule has 2 fully saturated rings. The molecule has 0 N–H and O–H groups in total. The van der Waals surface area contributed by atoms with Gasteiger partial charge in [-0.2, -0.15) is 0 Å². The molecule has 0 aromatic heterocycles. The number of carbonyl (C=O) groups is 1. The van der Waals surface area contributed by atoms with Crippen LogP contribution in [0.5, 0.6) is 0 Å². The molecule has 0 aliphatic carbocycles. The quantitative estimate of drug-likeness (QED) is 0.730. The van der Waals surface area contributed by atoms with E-state index in [-0.39, 0.29) is 0 Å². The van der Waals surface area contributed by atoms with Crippen LogP contribution in [0.2, 0.25) is 0 Å². The van der Waals surface area contributed by atoms with Crippen molar-refractivity contribution in [3.8, 4) is 0 Å². The van der Waals surface area contributed by atoms with Gasteiger partial charge in [-0.3, -0.25) is 4.79 Å². The molecule has 0 spiro atoms. The number of carbonyl (C=O) groups excluding carboxylic acids is 1. The van der Waals surface area contributed by atoms with Gasteiger partial charge in [0.05, 0.1) is 0 Å². The summed E-state index contributed by atoms with van der Waals surface area (Å²) in [6.07, 6.45) is 8.38. The van der Waals surface area contributed by atoms with Crippen molar-refractivity contribution in [2.24, 2.45) is 0 Å². The van der Waals surface area contributed by atoms with Gasteiger partial charge in [-0.25, -0.2) is 0 Å². The van der Waals surface area contributed by atoms with E-state index in [1.165, 1.54) is 51.6 Å². The number of rotatable bonds is 3. The Kier molecular flexibility index (Phi) is 4.64. The highest BCUT2D eigenvalue weighted by Gasteiger charge is 2.17. The highest BCUT2D eigenvalue weighted by atomic mass is 16.2. The van der Waals surface area contributed by atoms with Crippen LogP contribution >= 0.6 is 0 Å². The van der Waals surface area contributed by atoms with Crippen LogP contribution in [0.4, 0.5) is 0 Å². The average molecular weight is 224 g/mol. The Balaban J connectivity index is 1.69. The number of hydrogen-bond donors (Lipinski definition) is 0. The lowest BCUT2D eigenvalue weighted by Crippen LogP contribution is -2.34. The van der Waals surface area contributed by atoms with Gasteiger partial charge < -0.3 is 9.80 Å². The fraction of sp³-hybridized carbons (Fsp3) is 0.923. The molecule has 2 heterocycles. The second kappa shape index (κ2) is 6.24. The summed E-state index contributed by atoms with van der Waals surface area (Å²) in [6, 6.07) is 0. The van der Waals surface area contributed by atoms with Crippen LogP contribution < -0.4 is 0 Å². The van der Waals surface area contributed by atoms with Gasteiger partial charge in [-0.05, 0) is 38.8 Å². The molecule has 3 heteroatoms. The van der Waals surface area contributed by atoms with Gasteiger partial charge in [0, 0.05) is 26.1 Å². The lowest BCUT2D eigenvalue weighted by molar-refractivity contribution is -0.131. The van der Waals surface area contributed by atoms with Crippen molar-refractivity contribution in [2.75, 3.05) is 32.7 Å². The molecule has 0 atom stereocenters. The van der Waals surface area contributed by atoms with Crippen molar-refractivity contribution in [1.29, 1.82) is 0 Å². The number of likely N-dealkylation sites (tertiary alicyclic amines) is 2. The lowest BCUT2D eigenvalue weighted by Gasteiger charge is -2.22. The predicted molar refractivity (Wildman–Crippen MR) is 65.3 cm³/mol. The Bertz CT molecular complexity index is 216. The van der Waals surface area contributed by atoms with E-state index >= 15 is 0 Å². The molecule has 1 amide bonds. The molecule has 0 unspecified atom stereocenters. The van der Waals surface area contributed by atoms with Crippen LogP contribution in [0.15, 0.2) is 0 Å². The van der Waals surface area contributed by atoms with Crippen molar-refractivity contribution in [2.45, 2.75) is 44.9 Å². The normalized spacial score (nSPS) is 23.4. The first-order chi connectivity index (χ1) is 7.86. The minimum atomic E-state index is 0.383. The van der Waals surface area contributed by atoms with Crippen molar-refractivity contribution in [1.82, 2.24) is 9.80 Å². The zero-order valence-electron chi connectivity index (χ0n) is 10.3. The zero-order valence-corrected chi connectivity index (χ0v) is 10.3. The molecule has 0 radical (unpaired) electrons. The molecule has 92 valence electrons. The third-order valence-electron chi connectivity index (χ3n) is 3.80. The topological polar surface area (TPSA) is 23.6 Å². The number of nitrogens with zero attached hydrogens (tertiary/aromatic N) is 2. The van der Waals surface area contributed by atoms with Gasteiger partial charge in [-0.1, -0.05) is 12.8 Å². The molecule has 0 bridgehead atoms. The maximum absolute atomic E-state index is 12.0. The van der Waals surface area contributed by atoms with E-state index in [9.17, 15) is 4.79 Å². The van der Waals surface area contributed by atoms with E-state index in [1.807, 2.05) is 0 Å². The van der Waals surface area contributed by atoms with Crippen LogP contribution in [0, 0.1) is 0 Å². The Labute approximate surface area is 98.8 Å². The first-order valence-electron chi connectivity index (χ1n) is 6.86. The Morgan fingerprint density at radius 3 is 2.00 bits per heavy atom. The van der Waals surface area contributed by atoms with Crippen molar-refractivity contribution >= 4 is 5.91 Å². The second-order valence-corrected chi connectivity index (χ2v) is 5.09. The maximum Gasteiger partial charge on any atom is 0.223 e. The fourth-order valence-corrected chi connectivity index (χ4v) is 2.74. The van der Waals surface area contributed by atoms with Gasteiger partial charge in [0.1, 0.15) is 0 Å². The fourth-order valence-electron chi connectivity index (χ4n) is 2.74. The van der Waals surface area contributed by atoms with Gasteiger partial charge in [0.2, 0.25) is 5.91 Å². The molecule has 0 aromatic rings. The molecule has 0 aromatic carbocycles. The molecular weight excluding hydrogens is 200 g/mol. The molecule has 2 rings (SSSR count). The predicted octanol–water partition coefficient (Wildman–Crippen LogP) is 1.87. The summed E-state index contributed by atoms with van der Waals surface area (Å²) in [5.74, 6) is 0.383. The van der Waals surface area contributed by atoms with Crippen molar-refractivity contribution in [3.63, 3.8) is 0 Å². The van der Waals surface area contributed by atoms with Gasteiger partial charge >= 0.3 is 0 Å². The minimum absolute atomic E-state index is 0.383. The smallest absolute Gasteiger partial charge is 0.223 e. The largest absolute Gasteiger partial charge is 0.343 e. The van der Waals surface area contributed by atoms with E-state index in [2.05, 4.69) is 9.80 Å². The van der Waals surface area contributed by atoms with Crippen LogP contribution in [0.25, 0.3) is 0 Å². The SMILES string of the molecule is O=C(CCN1CCCC1)N1CCCCCC1. The molecule has 2 saturated heterocycles. The van der Waals surface area contributed by atoms with Crippen LogP contribution in [0.1, 0.15) is 44.9 Å². The Hall–Kier alpha value is -0.570. The Morgan fingerprint density at radius 2 is 1.38 bits per heavy atom. The first-order valence-corrected chi connectivity index (χ1v) is 6.86. The second-order valence-electron chi connectivity index (χ2n) is 5.09. The van der Waals surface area contributed by atoms with Gasteiger partial charge in [-0.15, -0.1) is 0 Å². The van der Waals surface area contributed by atoms with E-state index in [1.54, 1.807) is 0 Å². The monoisotopic (exact) mass is 224 g/mol. The third-order valence-corrected chi connectivity index (χ3v) is 3.80. The summed E-state index contributed by atoms with van der Waals surface area (Å²) >= 11 is 0. The molecule has 3 nitrogen and oxygen atoms in total. The highest BCUT2D eigenvalue weighted by Crippen LogP contribution is 2.12. The summed E-state index contributed by atoms with van der Waals surface area (Å²) in [6.45, 7) is 5.38. The zero-order chi connectivity index (χ0) is 11.2. The maximum atomic E-state index is 12.0. The molecule has 0 saturated carbocycles. The minimum Gasteiger partial charge on any atom is -0.343 e. The molecular formula is C13H24N2O.